The van der Waals surface area contributed by atoms with Crippen LogP contribution in [0.25, 0.3) is 6.08 Å². The minimum Gasteiger partial charge on any atom is -0.487 e. The van der Waals surface area contributed by atoms with Crippen molar-refractivity contribution in [1.29, 1.82) is 0 Å². The maximum Gasteiger partial charge on any atom is 0.269 e. The van der Waals surface area contributed by atoms with E-state index in [-0.39, 0.29) is 17.6 Å². The van der Waals surface area contributed by atoms with Gasteiger partial charge in [-0.3, -0.25) is 19.9 Å². The van der Waals surface area contributed by atoms with E-state index in [4.69, 9.17) is 4.74 Å². The van der Waals surface area contributed by atoms with Gasteiger partial charge in [0.1, 0.15) is 12.4 Å². The van der Waals surface area contributed by atoms with Crippen molar-refractivity contribution >= 4 is 17.7 Å². The van der Waals surface area contributed by atoms with Crippen LogP contribution >= 0.6 is 0 Å². The van der Waals surface area contributed by atoms with Crippen LogP contribution in [0.1, 0.15) is 29.8 Å². The molecule has 7 nitrogen and oxygen atoms in total. The van der Waals surface area contributed by atoms with E-state index < -0.39 is 4.92 Å². The molecule has 0 N–H and O–H groups in total. The molecule has 0 bridgehead atoms. The van der Waals surface area contributed by atoms with E-state index in [1.807, 2.05) is 49.4 Å². The normalized spacial score (nSPS) is 11.8. The molecule has 0 spiro atoms. The molecule has 7 heteroatoms. The molecular formula is C24H23N3O4. The van der Waals surface area contributed by atoms with Gasteiger partial charge in [-0.1, -0.05) is 30.3 Å². The summed E-state index contributed by atoms with van der Waals surface area (Å²) in [6.07, 6.45) is 4.93. The van der Waals surface area contributed by atoms with Crippen molar-refractivity contribution in [2.75, 3.05) is 7.05 Å². The number of benzene rings is 2. The van der Waals surface area contributed by atoms with Gasteiger partial charge in [-0.15, -0.1) is 0 Å². The Hall–Kier alpha value is -4.00. The zero-order chi connectivity index (χ0) is 22.2. The first-order valence-corrected chi connectivity index (χ1v) is 9.76. The SMILES string of the molecule is CC(c1cccc([N+](=O)[O-])c1)N(C)C(=O)/C=C/c1ccc(OCc2ccccn2)cc1. The fourth-order valence-corrected chi connectivity index (χ4v) is 2.91. The van der Waals surface area contributed by atoms with Crippen molar-refractivity contribution in [3.63, 3.8) is 0 Å². The Labute approximate surface area is 180 Å². The number of aromatic nitrogens is 1. The molecule has 0 aliphatic rings. The van der Waals surface area contributed by atoms with Gasteiger partial charge in [-0.05, 0) is 48.4 Å². The topological polar surface area (TPSA) is 85.6 Å². The maximum atomic E-state index is 12.5. The lowest BCUT2D eigenvalue weighted by atomic mass is 10.1. The highest BCUT2D eigenvalue weighted by atomic mass is 16.6. The number of pyridine rings is 1. The number of hydrogen-bond donors (Lipinski definition) is 0. The predicted octanol–water partition coefficient (Wildman–Crippen LogP) is 4.80. The number of carbonyl (C=O) groups excluding carboxylic acids is 1. The highest BCUT2D eigenvalue weighted by molar-refractivity contribution is 5.91. The Kier molecular flexibility index (Phi) is 7.11. The van der Waals surface area contributed by atoms with Crippen LogP contribution in [0, 0.1) is 10.1 Å². The molecule has 0 saturated carbocycles. The summed E-state index contributed by atoms with van der Waals surface area (Å²) in [4.78, 5) is 28.8. The Morgan fingerprint density at radius 1 is 1.16 bits per heavy atom. The molecule has 0 fully saturated rings. The van der Waals surface area contributed by atoms with Crippen LogP contribution in [-0.2, 0) is 11.4 Å². The zero-order valence-corrected chi connectivity index (χ0v) is 17.3. The first-order valence-electron chi connectivity index (χ1n) is 9.76. The number of amides is 1. The summed E-state index contributed by atoms with van der Waals surface area (Å²) in [5, 5.41) is 11.0. The first-order chi connectivity index (χ1) is 14.9. The molecule has 31 heavy (non-hydrogen) atoms. The van der Waals surface area contributed by atoms with Gasteiger partial charge in [0.05, 0.1) is 16.7 Å². The van der Waals surface area contributed by atoms with Gasteiger partial charge in [-0.2, -0.15) is 0 Å². The summed E-state index contributed by atoms with van der Waals surface area (Å²) >= 11 is 0. The minimum atomic E-state index is -0.443. The molecule has 0 aliphatic carbocycles. The molecule has 1 amide bonds. The quantitative estimate of drug-likeness (QED) is 0.298. The van der Waals surface area contributed by atoms with Crippen LogP contribution in [-0.4, -0.2) is 27.8 Å². The van der Waals surface area contributed by atoms with Crippen LogP contribution < -0.4 is 4.74 Å². The Balaban J connectivity index is 1.58. The lowest BCUT2D eigenvalue weighted by Crippen LogP contribution is -2.28. The van der Waals surface area contributed by atoms with E-state index in [1.165, 1.54) is 18.2 Å². The van der Waals surface area contributed by atoms with Gasteiger partial charge in [0.2, 0.25) is 5.91 Å². The maximum absolute atomic E-state index is 12.5. The van der Waals surface area contributed by atoms with E-state index >= 15 is 0 Å². The molecule has 1 atom stereocenters. The Morgan fingerprint density at radius 2 is 1.94 bits per heavy atom. The molecule has 158 valence electrons. The lowest BCUT2D eigenvalue weighted by Gasteiger charge is -2.24. The summed E-state index contributed by atoms with van der Waals surface area (Å²) in [5.41, 5.74) is 2.41. The smallest absolute Gasteiger partial charge is 0.269 e. The summed E-state index contributed by atoms with van der Waals surface area (Å²) in [5.74, 6) is 0.514. The Morgan fingerprint density at radius 3 is 2.61 bits per heavy atom. The first kappa shape index (κ1) is 21.7. The molecule has 1 aromatic heterocycles. The third kappa shape index (κ3) is 5.99. The van der Waals surface area contributed by atoms with Gasteiger partial charge in [0, 0.05) is 31.5 Å². The van der Waals surface area contributed by atoms with Crippen LogP contribution in [0.5, 0.6) is 5.75 Å². The zero-order valence-electron chi connectivity index (χ0n) is 17.3. The summed E-state index contributed by atoms with van der Waals surface area (Å²) in [7, 11) is 1.67. The molecule has 3 aromatic rings. The molecule has 3 rings (SSSR count). The predicted molar refractivity (Wildman–Crippen MR) is 118 cm³/mol. The number of nitro benzene ring substituents is 1. The second-order valence-electron chi connectivity index (χ2n) is 6.99. The van der Waals surface area contributed by atoms with Crippen LogP contribution in [0.3, 0.4) is 0 Å². The van der Waals surface area contributed by atoms with E-state index in [1.54, 1.807) is 36.4 Å². The second kappa shape index (κ2) is 10.2. The van der Waals surface area contributed by atoms with Gasteiger partial charge >= 0.3 is 0 Å². The average molecular weight is 417 g/mol. The number of hydrogen-bond acceptors (Lipinski definition) is 5. The number of non-ortho nitro benzene ring substituents is 1. The van der Waals surface area contributed by atoms with E-state index in [9.17, 15) is 14.9 Å². The van der Waals surface area contributed by atoms with Crippen molar-refractivity contribution in [3.05, 3.63) is 106 Å². The summed E-state index contributed by atoms with van der Waals surface area (Å²) in [6, 6.07) is 19.1. The van der Waals surface area contributed by atoms with Crippen LogP contribution in [0.15, 0.2) is 79.0 Å². The Bertz CT molecular complexity index is 1070. The van der Waals surface area contributed by atoms with Crippen molar-refractivity contribution in [3.8, 4) is 5.75 Å². The molecule has 0 saturated heterocycles. The number of rotatable bonds is 8. The van der Waals surface area contributed by atoms with E-state index in [2.05, 4.69) is 4.98 Å². The van der Waals surface area contributed by atoms with Crippen molar-refractivity contribution in [2.45, 2.75) is 19.6 Å². The number of ether oxygens (including phenoxy) is 1. The summed E-state index contributed by atoms with van der Waals surface area (Å²) in [6.45, 7) is 2.22. The fourth-order valence-electron chi connectivity index (χ4n) is 2.91. The standard InChI is InChI=1S/C24H23N3O4/c1-18(20-6-5-8-22(16-20)27(29)30)26(2)24(28)14-11-19-9-12-23(13-10-19)31-17-21-7-3-4-15-25-21/h3-16,18H,17H2,1-2H3/b14-11+. The molecule has 1 heterocycles. The second-order valence-corrected chi connectivity index (χ2v) is 6.99. The minimum absolute atomic E-state index is 0.00564. The highest BCUT2D eigenvalue weighted by Gasteiger charge is 2.17. The highest BCUT2D eigenvalue weighted by Crippen LogP contribution is 2.23. The average Bonchev–Trinajstić information content (AvgIpc) is 2.81. The molecule has 2 aromatic carbocycles. The van der Waals surface area contributed by atoms with Gasteiger partial charge in [-0.25, -0.2) is 0 Å². The molecule has 1 unspecified atom stereocenters. The fraction of sp³-hybridized carbons (Fsp3) is 0.167. The van der Waals surface area contributed by atoms with Gasteiger partial charge in [0.15, 0.2) is 0 Å². The van der Waals surface area contributed by atoms with E-state index in [0.717, 1.165) is 11.3 Å². The largest absolute Gasteiger partial charge is 0.487 e. The van der Waals surface area contributed by atoms with Crippen LogP contribution in [0.4, 0.5) is 5.69 Å². The monoisotopic (exact) mass is 417 g/mol. The van der Waals surface area contributed by atoms with Crippen molar-refractivity contribution in [2.24, 2.45) is 0 Å². The van der Waals surface area contributed by atoms with Gasteiger partial charge in [0.25, 0.3) is 5.69 Å². The lowest BCUT2D eigenvalue weighted by molar-refractivity contribution is -0.384. The number of carbonyl (C=O) groups is 1. The molecular weight excluding hydrogens is 394 g/mol. The molecule has 0 radical (unpaired) electrons. The van der Waals surface area contributed by atoms with Crippen molar-refractivity contribution in [1.82, 2.24) is 9.88 Å². The van der Waals surface area contributed by atoms with Crippen molar-refractivity contribution < 1.29 is 14.5 Å². The van der Waals surface area contributed by atoms with Gasteiger partial charge < -0.3 is 9.64 Å². The van der Waals surface area contributed by atoms with Crippen LogP contribution in [0.2, 0.25) is 0 Å². The number of nitrogens with zero attached hydrogens (tertiary/aromatic N) is 3. The number of nitro groups is 1. The third-order valence-electron chi connectivity index (χ3n) is 4.90. The third-order valence-corrected chi connectivity index (χ3v) is 4.90. The summed E-state index contributed by atoms with van der Waals surface area (Å²) < 4.78 is 5.71. The van der Waals surface area contributed by atoms with E-state index in [0.29, 0.717) is 17.9 Å². The number of likely N-dealkylation sites (N-methyl/N-ethyl adjacent to an activating group) is 1. The molecule has 0 aliphatic heterocycles.